The fourth-order valence-electron chi connectivity index (χ4n) is 1.29. The Hall–Kier alpha value is -2.23. The number of hydrogen-bond donors (Lipinski definition) is 2. The van der Waals surface area contributed by atoms with Gasteiger partial charge in [-0.05, 0) is 43.3 Å². The molecular formula is C12H11NO3. The highest BCUT2D eigenvalue weighted by atomic mass is 16.3. The van der Waals surface area contributed by atoms with Crippen molar-refractivity contribution in [2.45, 2.75) is 6.92 Å². The van der Waals surface area contributed by atoms with Gasteiger partial charge in [0.25, 0.3) is 5.91 Å². The summed E-state index contributed by atoms with van der Waals surface area (Å²) < 4.78 is 5.18. The zero-order chi connectivity index (χ0) is 11.5. The van der Waals surface area contributed by atoms with E-state index in [-0.39, 0.29) is 17.4 Å². The van der Waals surface area contributed by atoms with E-state index in [2.05, 4.69) is 5.32 Å². The monoisotopic (exact) mass is 217 g/mol. The Labute approximate surface area is 92.5 Å². The topological polar surface area (TPSA) is 62.5 Å². The highest BCUT2D eigenvalue weighted by Gasteiger charge is 2.09. The summed E-state index contributed by atoms with van der Waals surface area (Å²) in [7, 11) is 0. The van der Waals surface area contributed by atoms with E-state index in [0.29, 0.717) is 11.4 Å². The van der Waals surface area contributed by atoms with Gasteiger partial charge in [0, 0.05) is 5.69 Å². The average molecular weight is 217 g/mol. The van der Waals surface area contributed by atoms with E-state index in [1.54, 1.807) is 31.2 Å². The van der Waals surface area contributed by atoms with Crippen LogP contribution in [-0.2, 0) is 0 Å². The minimum absolute atomic E-state index is 0.159. The van der Waals surface area contributed by atoms with Gasteiger partial charge in [0.15, 0.2) is 5.76 Å². The largest absolute Gasteiger partial charge is 0.508 e. The number of amides is 1. The number of phenols is 1. The number of aromatic hydroxyl groups is 1. The number of nitrogens with one attached hydrogen (secondary N) is 1. The highest BCUT2D eigenvalue weighted by Crippen LogP contribution is 2.15. The normalized spacial score (nSPS) is 10.1. The summed E-state index contributed by atoms with van der Waals surface area (Å²) in [5.74, 6) is 0.812. The van der Waals surface area contributed by atoms with Crippen LogP contribution in [0.1, 0.15) is 16.3 Å². The van der Waals surface area contributed by atoms with Crippen LogP contribution in [0.4, 0.5) is 5.69 Å². The van der Waals surface area contributed by atoms with Crippen molar-refractivity contribution in [2.24, 2.45) is 0 Å². The van der Waals surface area contributed by atoms with Crippen molar-refractivity contribution in [3.8, 4) is 5.75 Å². The summed E-state index contributed by atoms with van der Waals surface area (Å²) in [6.07, 6.45) is 0. The molecule has 0 unspecified atom stereocenters. The van der Waals surface area contributed by atoms with Gasteiger partial charge in [-0.15, -0.1) is 0 Å². The first-order valence-electron chi connectivity index (χ1n) is 4.82. The quantitative estimate of drug-likeness (QED) is 0.760. The van der Waals surface area contributed by atoms with Gasteiger partial charge in [0.05, 0.1) is 0 Å². The third kappa shape index (κ3) is 2.23. The summed E-state index contributed by atoms with van der Waals surface area (Å²) in [5, 5.41) is 11.7. The molecule has 0 spiro atoms. The summed E-state index contributed by atoms with van der Waals surface area (Å²) >= 11 is 0. The van der Waals surface area contributed by atoms with Gasteiger partial charge in [-0.25, -0.2) is 0 Å². The van der Waals surface area contributed by atoms with Crippen molar-refractivity contribution < 1.29 is 14.3 Å². The number of carbonyl (C=O) groups is 1. The lowest BCUT2D eigenvalue weighted by Gasteiger charge is -2.02. The highest BCUT2D eigenvalue weighted by molar-refractivity contribution is 6.02. The molecule has 0 fully saturated rings. The van der Waals surface area contributed by atoms with E-state index in [9.17, 15) is 4.79 Å². The maximum absolute atomic E-state index is 11.6. The molecule has 1 heterocycles. The molecule has 0 bridgehead atoms. The van der Waals surface area contributed by atoms with Gasteiger partial charge < -0.3 is 14.8 Å². The Balaban J connectivity index is 2.10. The molecule has 0 radical (unpaired) electrons. The molecule has 0 aliphatic carbocycles. The molecule has 2 rings (SSSR count). The van der Waals surface area contributed by atoms with Crippen LogP contribution < -0.4 is 5.32 Å². The maximum Gasteiger partial charge on any atom is 0.291 e. The lowest BCUT2D eigenvalue weighted by atomic mass is 10.3. The first-order chi connectivity index (χ1) is 7.65. The molecule has 0 saturated heterocycles. The van der Waals surface area contributed by atoms with Crippen molar-refractivity contribution in [1.29, 1.82) is 0 Å². The molecule has 1 aromatic heterocycles. The Bertz CT molecular complexity index is 499. The molecule has 4 heteroatoms. The second-order valence-corrected chi connectivity index (χ2v) is 3.41. The third-order valence-corrected chi connectivity index (χ3v) is 2.09. The van der Waals surface area contributed by atoms with Crippen molar-refractivity contribution in [1.82, 2.24) is 0 Å². The summed E-state index contributed by atoms with van der Waals surface area (Å²) in [6, 6.07) is 9.58. The molecule has 1 aromatic carbocycles. The number of furan rings is 1. The molecule has 0 aliphatic heterocycles. The molecule has 0 atom stereocenters. The van der Waals surface area contributed by atoms with Crippen LogP contribution in [0.15, 0.2) is 40.8 Å². The van der Waals surface area contributed by atoms with Crippen molar-refractivity contribution >= 4 is 11.6 Å². The minimum Gasteiger partial charge on any atom is -0.508 e. The van der Waals surface area contributed by atoms with Crippen molar-refractivity contribution in [2.75, 3.05) is 5.32 Å². The lowest BCUT2D eigenvalue weighted by molar-refractivity contribution is 0.0995. The smallest absolute Gasteiger partial charge is 0.291 e. The van der Waals surface area contributed by atoms with Crippen molar-refractivity contribution in [3.05, 3.63) is 47.9 Å². The maximum atomic E-state index is 11.6. The van der Waals surface area contributed by atoms with Crippen LogP contribution in [0.5, 0.6) is 5.75 Å². The molecule has 0 aliphatic rings. The van der Waals surface area contributed by atoms with Gasteiger partial charge >= 0.3 is 0 Å². The number of benzene rings is 1. The second-order valence-electron chi connectivity index (χ2n) is 3.41. The summed E-state index contributed by atoms with van der Waals surface area (Å²) in [6.45, 7) is 1.78. The Kier molecular flexibility index (Phi) is 2.64. The lowest BCUT2D eigenvalue weighted by Crippen LogP contribution is -2.10. The zero-order valence-electron chi connectivity index (χ0n) is 8.73. The Morgan fingerprint density at radius 3 is 2.44 bits per heavy atom. The number of hydrogen-bond acceptors (Lipinski definition) is 3. The predicted molar refractivity (Wildman–Crippen MR) is 59.5 cm³/mol. The Morgan fingerprint density at radius 1 is 1.19 bits per heavy atom. The molecular weight excluding hydrogens is 206 g/mol. The number of anilines is 1. The van der Waals surface area contributed by atoms with E-state index in [1.807, 2.05) is 0 Å². The SMILES string of the molecule is Cc1ccc(C(=O)Nc2ccc(O)cc2)o1. The van der Waals surface area contributed by atoms with Gasteiger partial charge in [-0.1, -0.05) is 0 Å². The van der Waals surface area contributed by atoms with Crippen LogP contribution in [-0.4, -0.2) is 11.0 Å². The fourth-order valence-corrected chi connectivity index (χ4v) is 1.29. The summed E-state index contributed by atoms with van der Waals surface area (Å²) in [4.78, 5) is 11.6. The van der Waals surface area contributed by atoms with Crippen molar-refractivity contribution in [3.63, 3.8) is 0 Å². The minimum atomic E-state index is -0.307. The molecule has 4 nitrogen and oxygen atoms in total. The van der Waals surface area contributed by atoms with Crippen LogP contribution in [0.2, 0.25) is 0 Å². The van der Waals surface area contributed by atoms with Crippen LogP contribution in [0, 0.1) is 6.92 Å². The van der Waals surface area contributed by atoms with Crippen LogP contribution >= 0.6 is 0 Å². The van der Waals surface area contributed by atoms with Gasteiger partial charge in [-0.2, -0.15) is 0 Å². The number of carbonyl (C=O) groups excluding carboxylic acids is 1. The number of rotatable bonds is 2. The van der Waals surface area contributed by atoms with E-state index in [4.69, 9.17) is 9.52 Å². The van der Waals surface area contributed by atoms with Gasteiger partial charge in [0.2, 0.25) is 0 Å². The van der Waals surface area contributed by atoms with Gasteiger partial charge in [0.1, 0.15) is 11.5 Å². The fraction of sp³-hybridized carbons (Fsp3) is 0.0833. The first-order valence-corrected chi connectivity index (χ1v) is 4.82. The molecule has 16 heavy (non-hydrogen) atoms. The Morgan fingerprint density at radius 2 is 1.88 bits per heavy atom. The van der Waals surface area contributed by atoms with E-state index in [1.165, 1.54) is 12.1 Å². The van der Waals surface area contributed by atoms with Crippen LogP contribution in [0.25, 0.3) is 0 Å². The molecule has 2 aromatic rings. The number of phenolic OH excluding ortho intramolecular Hbond substituents is 1. The summed E-state index contributed by atoms with van der Waals surface area (Å²) in [5.41, 5.74) is 0.608. The predicted octanol–water partition coefficient (Wildman–Crippen LogP) is 2.55. The third-order valence-electron chi connectivity index (χ3n) is 2.09. The van der Waals surface area contributed by atoms with E-state index >= 15 is 0 Å². The molecule has 2 N–H and O–H groups in total. The molecule has 82 valence electrons. The van der Waals surface area contributed by atoms with E-state index < -0.39 is 0 Å². The van der Waals surface area contributed by atoms with Gasteiger partial charge in [-0.3, -0.25) is 4.79 Å². The number of aryl methyl sites for hydroxylation is 1. The van der Waals surface area contributed by atoms with E-state index in [0.717, 1.165) is 0 Å². The second kappa shape index (κ2) is 4.10. The van der Waals surface area contributed by atoms with Crippen LogP contribution in [0.3, 0.4) is 0 Å². The first kappa shape index (κ1) is 10.3. The standard InChI is InChI=1S/C12H11NO3/c1-8-2-7-11(16-8)12(15)13-9-3-5-10(14)6-4-9/h2-7,14H,1H3,(H,13,15). The average Bonchev–Trinajstić information content (AvgIpc) is 2.68. The molecule has 1 amide bonds. The zero-order valence-corrected chi connectivity index (χ0v) is 8.73. The molecule has 0 saturated carbocycles.